The van der Waals surface area contributed by atoms with Crippen molar-refractivity contribution in [3.63, 3.8) is 0 Å². The first-order chi connectivity index (χ1) is 29.5. The highest BCUT2D eigenvalue weighted by Gasteiger charge is 2.53. The van der Waals surface area contributed by atoms with E-state index < -0.39 is 5.41 Å². The molecule has 13 rings (SSSR count). The van der Waals surface area contributed by atoms with E-state index in [4.69, 9.17) is 0 Å². The normalized spacial score (nSPS) is 16.0. The topological polar surface area (TPSA) is 9.86 Å². The molecule has 0 bridgehead atoms. The van der Waals surface area contributed by atoms with Crippen LogP contribution in [0, 0.1) is 0 Å². The first-order valence-electron chi connectivity index (χ1n) is 21.1. The number of fused-ring (bicyclic) bond motifs is 14. The molecule has 1 unspecified atom stereocenters. The van der Waals surface area contributed by atoms with E-state index >= 15 is 0 Å². The Morgan fingerprint density at radius 2 is 0.800 bits per heavy atom. The molecule has 2 aromatic heterocycles. The molecule has 1 spiro atoms. The second-order valence-corrected chi connectivity index (χ2v) is 17.2. The SMILES string of the molecule is CC1(C)c2ccccc2C2(c3ccccc3-n3c4ccccc4c4cccc2c43)c2cccc(-c3ccc(-c4ccc(-n5c6ccccc6c6ccccc65)cc4)cc3)c21. The molecule has 0 fully saturated rings. The van der Waals surface area contributed by atoms with Crippen molar-refractivity contribution in [2.45, 2.75) is 24.7 Å². The van der Waals surface area contributed by atoms with Crippen LogP contribution >= 0.6 is 0 Å². The Hall–Kier alpha value is -7.42. The fraction of sp³-hybridized carbons (Fsp3) is 0.0690. The largest absolute Gasteiger partial charge is 0.309 e. The molecular weight excluding hydrogens is 725 g/mol. The van der Waals surface area contributed by atoms with Gasteiger partial charge in [-0.25, -0.2) is 0 Å². The molecule has 3 heterocycles. The maximum atomic E-state index is 2.53. The Bertz CT molecular complexity index is 3510. The molecule has 1 aliphatic heterocycles. The summed E-state index contributed by atoms with van der Waals surface area (Å²) in [4.78, 5) is 0. The van der Waals surface area contributed by atoms with Crippen LogP contribution < -0.4 is 0 Å². The molecular formula is C58H40N2. The summed E-state index contributed by atoms with van der Waals surface area (Å²) < 4.78 is 4.91. The predicted molar refractivity (Wildman–Crippen MR) is 250 cm³/mol. The van der Waals surface area contributed by atoms with Crippen molar-refractivity contribution in [2.24, 2.45) is 0 Å². The van der Waals surface area contributed by atoms with E-state index in [0.717, 1.165) is 0 Å². The number of rotatable bonds is 3. The van der Waals surface area contributed by atoms with Gasteiger partial charge in [0.25, 0.3) is 0 Å². The van der Waals surface area contributed by atoms with Gasteiger partial charge >= 0.3 is 0 Å². The number of benzene rings is 9. The van der Waals surface area contributed by atoms with E-state index in [1.165, 1.54) is 111 Å². The maximum absolute atomic E-state index is 2.53. The van der Waals surface area contributed by atoms with E-state index in [-0.39, 0.29) is 5.41 Å². The van der Waals surface area contributed by atoms with Crippen LogP contribution in [0.4, 0.5) is 0 Å². The van der Waals surface area contributed by atoms with Crippen molar-refractivity contribution in [1.29, 1.82) is 0 Å². The van der Waals surface area contributed by atoms with Gasteiger partial charge in [0.1, 0.15) is 0 Å². The standard InChI is InChI=1S/C58H40N2/c1-57(2)46-20-6-7-21-47(46)58(48-22-8-12-28-54(48)60-53-27-11-5-17-44(53)45-19-14-24-50(58)56(45)60)49-23-13-18-41(55(49)57)39-31-29-37(30-32-39)38-33-35-40(36-34-38)59-51-25-9-3-15-42(51)43-16-4-10-26-52(43)59/h3-36H,1-2H3. The molecule has 1 atom stereocenters. The summed E-state index contributed by atoms with van der Waals surface area (Å²) in [5.74, 6) is 0. The van der Waals surface area contributed by atoms with Crippen LogP contribution in [0.2, 0.25) is 0 Å². The second-order valence-electron chi connectivity index (χ2n) is 17.2. The van der Waals surface area contributed by atoms with Crippen molar-refractivity contribution in [1.82, 2.24) is 9.13 Å². The highest BCUT2D eigenvalue weighted by atomic mass is 15.0. The van der Waals surface area contributed by atoms with Crippen molar-refractivity contribution >= 4 is 43.6 Å². The van der Waals surface area contributed by atoms with Crippen LogP contribution in [0.5, 0.6) is 0 Å². The van der Waals surface area contributed by atoms with Crippen LogP contribution in [0.25, 0.3) is 77.2 Å². The smallest absolute Gasteiger partial charge is 0.0748 e. The lowest BCUT2D eigenvalue weighted by Gasteiger charge is -2.50. The molecule has 0 N–H and O–H groups in total. The Labute approximate surface area is 349 Å². The van der Waals surface area contributed by atoms with Gasteiger partial charge in [0.15, 0.2) is 0 Å². The minimum Gasteiger partial charge on any atom is -0.309 e. The van der Waals surface area contributed by atoms with Crippen LogP contribution in [0.15, 0.2) is 206 Å². The summed E-state index contributed by atoms with van der Waals surface area (Å²) in [6.45, 7) is 4.86. The summed E-state index contributed by atoms with van der Waals surface area (Å²) in [6.07, 6.45) is 0. The Morgan fingerprint density at radius 1 is 0.333 bits per heavy atom. The molecule has 2 aliphatic rings. The third-order valence-electron chi connectivity index (χ3n) is 14.0. The van der Waals surface area contributed by atoms with E-state index in [1.54, 1.807) is 0 Å². The summed E-state index contributed by atoms with van der Waals surface area (Å²) in [5, 5.41) is 5.15. The Kier molecular flexibility index (Phi) is 6.74. The maximum Gasteiger partial charge on any atom is 0.0748 e. The van der Waals surface area contributed by atoms with E-state index in [0.29, 0.717) is 0 Å². The van der Waals surface area contributed by atoms with Crippen molar-refractivity contribution in [3.8, 4) is 33.6 Å². The van der Waals surface area contributed by atoms with Crippen LogP contribution in [0.1, 0.15) is 47.2 Å². The fourth-order valence-electron chi connectivity index (χ4n) is 11.5. The van der Waals surface area contributed by atoms with Gasteiger partial charge in [-0.15, -0.1) is 0 Å². The van der Waals surface area contributed by atoms with Crippen molar-refractivity contribution in [3.05, 3.63) is 240 Å². The first-order valence-corrected chi connectivity index (χ1v) is 21.1. The zero-order chi connectivity index (χ0) is 39.7. The minimum atomic E-state index is -0.518. The summed E-state index contributed by atoms with van der Waals surface area (Å²) >= 11 is 0. The summed E-state index contributed by atoms with van der Waals surface area (Å²) in [6, 6.07) is 77.2. The highest BCUT2D eigenvalue weighted by Crippen LogP contribution is 2.61. The lowest BCUT2D eigenvalue weighted by atomic mass is 9.52. The Balaban J connectivity index is 0.988. The molecule has 0 saturated heterocycles. The van der Waals surface area contributed by atoms with Crippen molar-refractivity contribution in [2.75, 3.05) is 0 Å². The van der Waals surface area contributed by atoms with Gasteiger partial charge in [-0.05, 0) is 92.0 Å². The number of hydrogen-bond acceptors (Lipinski definition) is 0. The molecule has 282 valence electrons. The first kappa shape index (κ1) is 33.5. The highest BCUT2D eigenvalue weighted by molar-refractivity contribution is 6.12. The molecule has 1 aliphatic carbocycles. The minimum absolute atomic E-state index is 0.262. The average molecular weight is 765 g/mol. The van der Waals surface area contributed by atoms with Gasteiger partial charge in [-0.2, -0.15) is 0 Å². The summed E-state index contributed by atoms with van der Waals surface area (Å²) in [7, 11) is 0. The third kappa shape index (κ3) is 4.22. The van der Waals surface area contributed by atoms with E-state index in [9.17, 15) is 0 Å². The molecule has 0 radical (unpaired) electrons. The van der Waals surface area contributed by atoms with Gasteiger partial charge in [0.05, 0.1) is 33.2 Å². The van der Waals surface area contributed by atoms with Gasteiger partial charge in [-0.3, -0.25) is 0 Å². The number of aromatic nitrogens is 2. The van der Waals surface area contributed by atoms with Gasteiger partial charge in [0.2, 0.25) is 0 Å². The fourth-order valence-corrected chi connectivity index (χ4v) is 11.5. The van der Waals surface area contributed by atoms with E-state index in [1.807, 2.05) is 0 Å². The molecule has 9 aromatic carbocycles. The molecule has 0 saturated carbocycles. The van der Waals surface area contributed by atoms with Gasteiger partial charge in [0, 0.05) is 32.6 Å². The molecule has 0 amide bonds. The Morgan fingerprint density at radius 3 is 1.48 bits per heavy atom. The number of nitrogens with zero attached hydrogens (tertiary/aromatic N) is 2. The zero-order valence-electron chi connectivity index (χ0n) is 33.5. The van der Waals surface area contributed by atoms with E-state index in [2.05, 4.69) is 229 Å². The molecule has 11 aromatic rings. The van der Waals surface area contributed by atoms with Gasteiger partial charge < -0.3 is 9.13 Å². The number of para-hydroxylation sites is 5. The van der Waals surface area contributed by atoms with Crippen LogP contribution in [-0.2, 0) is 10.8 Å². The predicted octanol–water partition coefficient (Wildman–Crippen LogP) is 14.6. The van der Waals surface area contributed by atoms with Crippen molar-refractivity contribution < 1.29 is 0 Å². The van der Waals surface area contributed by atoms with Gasteiger partial charge in [-0.1, -0.05) is 184 Å². The average Bonchev–Trinajstić information content (AvgIpc) is 3.83. The van der Waals surface area contributed by atoms with Crippen LogP contribution in [0.3, 0.4) is 0 Å². The van der Waals surface area contributed by atoms with Crippen LogP contribution in [-0.4, -0.2) is 9.13 Å². The lowest BCUT2D eigenvalue weighted by Crippen LogP contribution is -2.44. The zero-order valence-corrected chi connectivity index (χ0v) is 33.5. The molecule has 2 heteroatoms. The lowest BCUT2D eigenvalue weighted by molar-refractivity contribution is 0.558. The second kappa shape index (κ2) is 12.1. The number of hydrogen-bond donors (Lipinski definition) is 0. The monoisotopic (exact) mass is 764 g/mol. The summed E-state index contributed by atoms with van der Waals surface area (Å²) in [5.41, 5.74) is 19.8. The molecule has 2 nitrogen and oxygen atoms in total. The molecule has 60 heavy (non-hydrogen) atoms. The quantitative estimate of drug-likeness (QED) is 0.170. The third-order valence-corrected chi connectivity index (χ3v) is 14.0.